The van der Waals surface area contributed by atoms with E-state index < -0.39 is 0 Å². The summed E-state index contributed by atoms with van der Waals surface area (Å²) in [5.41, 5.74) is 5.06. The van der Waals surface area contributed by atoms with Gasteiger partial charge >= 0.3 is 0 Å². The number of hydrogen-bond acceptors (Lipinski definition) is 3. The fraction of sp³-hybridized carbons (Fsp3) is 0.509. The van der Waals surface area contributed by atoms with Crippen LogP contribution in [0.15, 0.2) is 146 Å². The number of carbonyl (C=O) groups is 2. The first-order chi connectivity index (χ1) is 28.1. The van der Waals surface area contributed by atoms with E-state index in [1.165, 1.54) is 32.2 Å². The van der Waals surface area contributed by atoms with Crippen LogP contribution in [0.2, 0.25) is 0 Å². The van der Waals surface area contributed by atoms with E-state index in [0.717, 1.165) is 96.2 Å². The van der Waals surface area contributed by atoms with Crippen LogP contribution < -0.4 is 11.1 Å². The lowest BCUT2D eigenvalue weighted by molar-refractivity contribution is -0.118. The minimum absolute atomic E-state index is 0.241. The lowest BCUT2D eigenvalue weighted by Gasteiger charge is -1.95. The van der Waals surface area contributed by atoms with E-state index in [1.54, 1.807) is 0 Å². The standard InChI is InChI=1S/C22H33NO.C22H32O.C7H17N.C2H6/c1-2-3-4-5-6-7-8-9-10-11-12-13-14-15-16-17-18-19-20-21-22(23)24;1-2-3-4-5-6-7-8-9-10-11-12-13-14-15-16-17-18-19-20-21-22-23;1-3-4-5-6-7-8-2;1-2/h3-4,6-7,9-10,12-13,15-16,18-19H,2,5,8,11,14,17,20-21H2,1H3,(H2,23,24);3-4,6-7,9-10,12-13,15-16,18-19,22H,2,5,8,11,14,17,20-21H2,1H3;8H,3-7H2,1-2H3;1-2H3/b2*4-3-,7-6-,10-9-,13-12-,16-15-,19-18-;;. The van der Waals surface area contributed by atoms with Gasteiger partial charge in [0.15, 0.2) is 0 Å². The summed E-state index contributed by atoms with van der Waals surface area (Å²) < 4.78 is 0. The number of unbranched alkanes of at least 4 members (excludes halogenated alkanes) is 4. The van der Waals surface area contributed by atoms with Gasteiger partial charge in [0.25, 0.3) is 0 Å². The Morgan fingerprint density at radius 3 is 0.982 bits per heavy atom. The Hall–Kier alpha value is -4.02. The number of aldehydes is 1. The quantitative estimate of drug-likeness (QED) is 0.0395. The maximum atomic E-state index is 10.5. The lowest BCUT2D eigenvalue weighted by Crippen LogP contribution is -2.08. The molecule has 57 heavy (non-hydrogen) atoms. The van der Waals surface area contributed by atoms with Crippen LogP contribution in [0.4, 0.5) is 0 Å². The molecule has 3 N–H and O–H groups in total. The van der Waals surface area contributed by atoms with Gasteiger partial charge in [0, 0.05) is 12.8 Å². The smallest absolute Gasteiger partial charge is 0.217 e. The SMILES string of the molecule is CC.CC/C=C\C/C=C\C/C=C\C/C=C\C/C=C\C/C=C\CCC(N)=O.CC/C=C\C/C=C\C/C=C\C/C=C\C/C=C\C/C=C\CCC=O.CCCCCCNC. The fourth-order valence-corrected chi connectivity index (χ4v) is 4.40. The molecule has 0 unspecified atom stereocenters. The number of allylic oxidation sites excluding steroid dienone is 24. The number of primary amides is 1. The van der Waals surface area contributed by atoms with Crippen LogP contribution in [-0.2, 0) is 9.59 Å². The monoisotopic (exact) mass is 785 g/mol. The third kappa shape index (κ3) is 73.7. The van der Waals surface area contributed by atoms with E-state index in [4.69, 9.17) is 5.73 Å². The van der Waals surface area contributed by atoms with E-state index in [1.807, 2.05) is 27.0 Å². The molecule has 0 fully saturated rings. The molecule has 0 aromatic carbocycles. The molecule has 0 aliphatic rings. The van der Waals surface area contributed by atoms with Crippen LogP contribution >= 0.6 is 0 Å². The number of rotatable bonds is 33. The Labute approximate surface area is 354 Å². The number of nitrogens with two attached hydrogens (primary N) is 1. The number of nitrogens with one attached hydrogen (secondary N) is 1. The van der Waals surface area contributed by atoms with Gasteiger partial charge in [-0.25, -0.2) is 0 Å². The maximum Gasteiger partial charge on any atom is 0.217 e. The van der Waals surface area contributed by atoms with Gasteiger partial charge < -0.3 is 15.8 Å². The second kappa shape index (κ2) is 63.9. The predicted octanol–water partition coefficient (Wildman–Crippen LogP) is 15.4. The van der Waals surface area contributed by atoms with Crippen molar-refractivity contribution in [2.45, 2.75) is 163 Å². The molecule has 0 bridgehead atoms. The Kier molecular flexibility index (Phi) is 66.9. The van der Waals surface area contributed by atoms with Crippen LogP contribution in [0.5, 0.6) is 0 Å². The van der Waals surface area contributed by atoms with Crippen LogP contribution in [-0.4, -0.2) is 25.8 Å². The highest BCUT2D eigenvalue weighted by molar-refractivity contribution is 5.73. The average Bonchev–Trinajstić information content (AvgIpc) is 3.22. The minimum Gasteiger partial charge on any atom is -0.370 e. The average molecular weight is 785 g/mol. The molecular weight excluding hydrogens is 697 g/mol. The summed E-state index contributed by atoms with van der Waals surface area (Å²) in [7, 11) is 2.01. The summed E-state index contributed by atoms with van der Waals surface area (Å²) in [6.45, 7) is 11.7. The molecule has 322 valence electrons. The summed E-state index contributed by atoms with van der Waals surface area (Å²) in [5.74, 6) is -0.241. The Morgan fingerprint density at radius 2 is 0.719 bits per heavy atom. The first-order valence-corrected chi connectivity index (χ1v) is 22.3. The van der Waals surface area contributed by atoms with Crippen molar-refractivity contribution in [2.75, 3.05) is 13.6 Å². The molecule has 0 aromatic rings. The molecule has 0 aliphatic heterocycles. The van der Waals surface area contributed by atoms with Gasteiger partial charge in [-0.2, -0.15) is 0 Å². The molecule has 0 spiro atoms. The molecule has 4 nitrogen and oxygen atoms in total. The molecular formula is C53H88N2O2. The Bertz CT molecular complexity index is 1150. The van der Waals surface area contributed by atoms with E-state index in [-0.39, 0.29) is 5.91 Å². The van der Waals surface area contributed by atoms with Crippen LogP contribution in [0.1, 0.15) is 163 Å². The lowest BCUT2D eigenvalue weighted by atomic mass is 10.2. The second-order valence-corrected chi connectivity index (χ2v) is 12.7. The highest BCUT2D eigenvalue weighted by Gasteiger charge is 1.88. The zero-order valence-electron chi connectivity index (χ0n) is 37.7. The van der Waals surface area contributed by atoms with Crippen molar-refractivity contribution >= 4 is 12.2 Å². The van der Waals surface area contributed by atoms with Gasteiger partial charge in [-0.15, -0.1) is 0 Å². The molecule has 0 rings (SSSR count). The molecule has 0 heterocycles. The molecule has 1 amide bonds. The van der Waals surface area contributed by atoms with Crippen LogP contribution in [0, 0.1) is 0 Å². The summed E-state index contributed by atoms with van der Waals surface area (Å²) in [5, 5.41) is 3.13. The first-order valence-electron chi connectivity index (χ1n) is 22.3. The van der Waals surface area contributed by atoms with Crippen molar-refractivity contribution in [1.29, 1.82) is 0 Å². The van der Waals surface area contributed by atoms with E-state index in [9.17, 15) is 9.59 Å². The summed E-state index contributed by atoms with van der Waals surface area (Å²) in [6.07, 6.45) is 73.3. The van der Waals surface area contributed by atoms with Crippen molar-refractivity contribution in [3.05, 3.63) is 146 Å². The van der Waals surface area contributed by atoms with Crippen molar-refractivity contribution in [3.63, 3.8) is 0 Å². The van der Waals surface area contributed by atoms with Gasteiger partial charge in [0.05, 0.1) is 0 Å². The van der Waals surface area contributed by atoms with Gasteiger partial charge in [-0.3, -0.25) is 4.79 Å². The summed E-state index contributed by atoms with van der Waals surface area (Å²) in [4.78, 5) is 20.7. The van der Waals surface area contributed by atoms with E-state index in [0.29, 0.717) is 12.8 Å². The van der Waals surface area contributed by atoms with Crippen LogP contribution in [0.25, 0.3) is 0 Å². The van der Waals surface area contributed by atoms with Gasteiger partial charge in [0.2, 0.25) is 5.91 Å². The molecule has 0 saturated heterocycles. The van der Waals surface area contributed by atoms with Crippen molar-refractivity contribution < 1.29 is 9.59 Å². The highest BCUT2D eigenvalue weighted by Crippen LogP contribution is 1.99. The summed E-state index contributed by atoms with van der Waals surface area (Å²) in [6, 6.07) is 0. The second-order valence-electron chi connectivity index (χ2n) is 12.7. The molecule has 0 aromatic heterocycles. The third-order valence-corrected chi connectivity index (χ3v) is 7.48. The largest absolute Gasteiger partial charge is 0.370 e. The molecule has 0 radical (unpaired) electrons. The zero-order chi connectivity index (χ0) is 42.8. The number of hydrogen-bond donors (Lipinski definition) is 2. The molecule has 0 saturated carbocycles. The molecule has 0 aliphatic carbocycles. The van der Waals surface area contributed by atoms with E-state index >= 15 is 0 Å². The highest BCUT2D eigenvalue weighted by atomic mass is 16.1. The number of carbonyl (C=O) groups excluding carboxylic acids is 2. The first kappa shape index (κ1) is 59.7. The number of amides is 1. The fourth-order valence-electron chi connectivity index (χ4n) is 4.40. The maximum absolute atomic E-state index is 10.5. The molecule has 4 heteroatoms. The van der Waals surface area contributed by atoms with Gasteiger partial charge in [-0.1, -0.05) is 200 Å². The van der Waals surface area contributed by atoms with Gasteiger partial charge in [-0.05, 0) is 110 Å². The minimum atomic E-state index is -0.241. The van der Waals surface area contributed by atoms with Crippen molar-refractivity contribution in [1.82, 2.24) is 5.32 Å². The topological polar surface area (TPSA) is 72.2 Å². The van der Waals surface area contributed by atoms with Crippen molar-refractivity contribution in [2.24, 2.45) is 5.73 Å². The van der Waals surface area contributed by atoms with E-state index in [2.05, 4.69) is 166 Å². The van der Waals surface area contributed by atoms with Crippen LogP contribution in [0.3, 0.4) is 0 Å². The zero-order valence-corrected chi connectivity index (χ0v) is 37.7. The Morgan fingerprint density at radius 1 is 0.421 bits per heavy atom. The Balaban J connectivity index is -0.000000399. The normalized spacial score (nSPS) is 12.2. The van der Waals surface area contributed by atoms with Gasteiger partial charge in [0.1, 0.15) is 6.29 Å². The predicted molar refractivity (Wildman–Crippen MR) is 260 cm³/mol. The van der Waals surface area contributed by atoms with Crippen molar-refractivity contribution in [3.8, 4) is 0 Å². The third-order valence-electron chi connectivity index (χ3n) is 7.48. The summed E-state index contributed by atoms with van der Waals surface area (Å²) >= 11 is 0. The molecule has 0 atom stereocenters.